The third-order valence-electron chi connectivity index (χ3n) is 2.61. The minimum Gasteiger partial charge on any atom is -0.495 e. The second-order valence-electron chi connectivity index (χ2n) is 4.20. The Morgan fingerprint density at radius 1 is 1.21 bits per heavy atom. The molecule has 0 unspecified atom stereocenters. The molecule has 7 heteroatoms. The number of carbonyl (C=O) groups excluding carboxylic acids is 1. The van der Waals surface area contributed by atoms with E-state index in [1.54, 1.807) is 32.3 Å². The lowest BCUT2D eigenvalue weighted by molar-refractivity contribution is -0.128. The summed E-state index contributed by atoms with van der Waals surface area (Å²) in [6.07, 6.45) is 0. The van der Waals surface area contributed by atoms with Gasteiger partial charge in [-0.15, -0.1) is 0 Å². The number of nitrogens with zero attached hydrogens (tertiary/aromatic N) is 2. The first-order chi connectivity index (χ1) is 8.80. The highest BCUT2D eigenvalue weighted by molar-refractivity contribution is 7.89. The molecule has 6 nitrogen and oxygen atoms in total. The van der Waals surface area contributed by atoms with Gasteiger partial charge in [0.15, 0.2) is 0 Å². The maximum Gasteiger partial charge on any atom is 0.246 e. The highest BCUT2D eigenvalue weighted by atomic mass is 32.2. The maximum atomic E-state index is 12.3. The fraction of sp³-hybridized carbons (Fsp3) is 0.417. The van der Waals surface area contributed by atoms with Crippen LogP contribution in [-0.4, -0.2) is 58.3 Å². The molecule has 0 aromatic heterocycles. The number of likely N-dealkylation sites (N-methyl/N-ethyl adjacent to an activating group) is 2. The van der Waals surface area contributed by atoms with Gasteiger partial charge in [-0.05, 0) is 12.1 Å². The topological polar surface area (TPSA) is 66.9 Å². The van der Waals surface area contributed by atoms with E-state index in [1.165, 1.54) is 25.1 Å². The SMILES string of the molecule is COc1ccccc1S(=O)(=O)N(C)CC(=O)N(C)C. The fourth-order valence-corrected chi connectivity index (χ4v) is 2.69. The minimum absolute atomic E-state index is 0.0477. The Kier molecular flexibility index (Phi) is 4.90. The van der Waals surface area contributed by atoms with Gasteiger partial charge in [0.25, 0.3) is 0 Å². The van der Waals surface area contributed by atoms with E-state index in [0.717, 1.165) is 4.31 Å². The lowest BCUT2D eigenvalue weighted by Gasteiger charge is -2.20. The molecule has 1 aromatic rings. The van der Waals surface area contributed by atoms with Crippen LogP contribution < -0.4 is 4.74 Å². The molecule has 0 aliphatic carbocycles. The third-order valence-corrected chi connectivity index (χ3v) is 4.46. The first-order valence-corrected chi connectivity index (χ1v) is 7.04. The summed E-state index contributed by atoms with van der Waals surface area (Å²) >= 11 is 0. The second kappa shape index (κ2) is 6.03. The Balaban J connectivity index is 3.07. The molecule has 106 valence electrons. The van der Waals surface area contributed by atoms with Crippen LogP contribution in [0.4, 0.5) is 0 Å². The summed E-state index contributed by atoms with van der Waals surface area (Å²) in [4.78, 5) is 13.0. The summed E-state index contributed by atoms with van der Waals surface area (Å²) < 4.78 is 30.7. The van der Waals surface area contributed by atoms with E-state index in [2.05, 4.69) is 0 Å². The predicted molar refractivity (Wildman–Crippen MR) is 71.5 cm³/mol. The lowest BCUT2D eigenvalue weighted by Crippen LogP contribution is -2.37. The highest BCUT2D eigenvalue weighted by Gasteiger charge is 2.26. The Labute approximate surface area is 113 Å². The summed E-state index contributed by atoms with van der Waals surface area (Å²) in [7, 11) is 2.17. The number of amides is 1. The Hall–Kier alpha value is -1.60. The molecular weight excluding hydrogens is 268 g/mol. The normalized spacial score (nSPS) is 11.4. The molecule has 19 heavy (non-hydrogen) atoms. The number of methoxy groups -OCH3 is 1. The number of sulfonamides is 1. The molecule has 0 spiro atoms. The molecule has 0 aliphatic rings. The van der Waals surface area contributed by atoms with Gasteiger partial charge in [0.1, 0.15) is 10.6 Å². The fourth-order valence-electron chi connectivity index (χ4n) is 1.42. The van der Waals surface area contributed by atoms with Crippen LogP contribution in [0.5, 0.6) is 5.75 Å². The quantitative estimate of drug-likeness (QED) is 0.786. The van der Waals surface area contributed by atoms with Crippen LogP contribution in [0.2, 0.25) is 0 Å². The molecule has 0 N–H and O–H groups in total. The Morgan fingerprint density at radius 2 is 1.79 bits per heavy atom. The van der Waals surface area contributed by atoms with Gasteiger partial charge in [0.2, 0.25) is 15.9 Å². The number of ether oxygens (including phenoxy) is 1. The van der Waals surface area contributed by atoms with Gasteiger partial charge in [0, 0.05) is 21.1 Å². The van der Waals surface area contributed by atoms with E-state index in [-0.39, 0.29) is 23.1 Å². The van der Waals surface area contributed by atoms with Crippen molar-refractivity contribution in [1.29, 1.82) is 0 Å². The van der Waals surface area contributed by atoms with Crippen molar-refractivity contribution in [3.8, 4) is 5.75 Å². The monoisotopic (exact) mass is 286 g/mol. The van der Waals surface area contributed by atoms with Crippen molar-refractivity contribution in [2.45, 2.75) is 4.90 Å². The van der Waals surface area contributed by atoms with Crippen molar-refractivity contribution in [1.82, 2.24) is 9.21 Å². The smallest absolute Gasteiger partial charge is 0.246 e. The Morgan fingerprint density at radius 3 is 2.32 bits per heavy atom. The van der Waals surface area contributed by atoms with E-state index in [9.17, 15) is 13.2 Å². The van der Waals surface area contributed by atoms with Crippen molar-refractivity contribution in [3.05, 3.63) is 24.3 Å². The summed E-state index contributed by atoms with van der Waals surface area (Å²) in [5.41, 5.74) is 0. The first-order valence-electron chi connectivity index (χ1n) is 5.60. The average Bonchev–Trinajstić information content (AvgIpc) is 2.38. The first kappa shape index (κ1) is 15.5. The zero-order valence-corrected chi connectivity index (χ0v) is 12.3. The van der Waals surface area contributed by atoms with Crippen molar-refractivity contribution >= 4 is 15.9 Å². The van der Waals surface area contributed by atoms with Gasteiger partial charge >= 0.3 is 0 Å². The number of carbonyl (C=O) groups is 1. The molecule has 0 fully saturated rings. The van der Waals surface area contributed by atoms with Gasteiger partial charge in [-0.25, -0.2) is 8.42 Å². The van der Waals surface area contributed by atoms with Gasteiger partial charge < -0.3 is 9.64 Å². The zero-order valence-electron chi connectivity index (χ0n) is 11.5. The molecule has 0 radical (unpaired) electrons. The molecule has 0 bridgehead atoms. The molecule has 1 rings (SSSR count). The van der Waals surface area contributed by atoms with Crippen LogP contribution in [0.25, 0.3) is 0 Å². The molecule has 0 saturated carbocycles. The second-order valence-corrected chi connectivity index (χ2v) is 6.21. The molecule has 0 aliphatic heterocycles. The lowest BCUT2D eigenvalue weighted by atomic mass is 10.3. The van der Waals surface area contributed by atoms with Crippen molar-refractivity contribution in [2.75, 3.05) is 34.8 Å². The molecule has 1 amide bonds. The van der Waals surface area contributed by atoms with E-state index in [1.807, 2.05) is 0 Å². The van der Waals surface area contributed by atoms with Crippen molar-refractivity contribution in [3.63, 3.8) is 0 Å². The number of rotatable bonds is 5. The van der Waals surface area contributed by atoms with Crippen LogP contribution in [0, 0.1) is 0 Å². The largest absolute Gasteiger partial charge is 0.495 e. The number of para-hydroxylation sites is 1. The number of benzene rings is 1. The van der Waals surface area contributed by atoms with E-state index in [0.29, 0.717) is 0 Å². The summed E-state index contributed by atoms with van der Waals surface area (Å²) in [5.74, 6) is -0.0346. The molecular formula is C12H18N2O4S. The van der Waals surface area contributed by atoms with Crippen LogP contribution in [-0.2, 0) is 14.8 Å². The van der Waals surface area contributed by atoms with Crippen LogP contribution in [0.15, 0.2) is 29.2 Å². The van der Waals surface area contributed by atoms with Gasteiger partial charge in [-0.2, -0.15) is 4.31 Å². The van der Waals surface area contributed by atoms with Crippen LogP contribution >= 0.6 is 0 Å². The van der Waals surface area contributed by atoms with Crippen molar-refractivity contribution < 1.29 is 17.9 Å². The number of hydrogen-bond acceptors (Lipinski definition) is 4. The standard InChI is InChI=1S/C12H18N2O4S/c1-13(2)12(15)9-14(3)19(16,17)11-8-6-5-7-10(11)18-4/h5-8H,9H2,1-4H3. The van der Waals surface area contributed by atoms with Crippen LogP contribution in [0.1, 0.15) is 0 Å². The molecule has 0 atom stereocenters. The van der Waals surface area contributed by atoms with Gasteiger partial charge in [-0.1, -0.05) is 12.1 Å². The summed E-state index contributed by atoms with van der Waals surface area (Å²) in [6.45, 7) is -0.215. The van der Waals surface area contributed by atoms with Crippen molar-refractivity contribution in [2.24, 2.45) is 0 Å². The van der Waals surface area contributed by atoms with Gasteiger partial charge in [0.05, 0.1) is 13.7 Å². The highest BCUT2D eigenvalue weighted by Crippen LogP contribution is 2.25. The van der Waals surface area contributed by atoms with Gasteiger partial charge in [-0.3, -0.25) is 4.79 Å². The summed E-state index contributed by atoms with van der Waals surface area (Å²) in [5, 5.41) is 0. The summed E-state index contributed by atoms with van der Waals surface area (Å²) in [6, 6.07) is 6.30. The zero-order chi connectivity index (χ0) is 14.6. The van der Waals surface area contributed by atoms with E-state index < -0.39 is 10.0 Å². The minimum atomic E-state index is -3.75. The molecule has 0 heterocycles. The average molecular weight is 286 g/mol. The maximum absolute atomic E-state index is 12.3. The third kappa shape index (κ3) is 3.45. The Bertz CT molecular complexity index is 555. The molecule has 1 aromatic carbocycles. The number of hydrogen-bond donors (Lipinski definition) is 0. The van der Waals surface area contributed by atoms with Crippen LogP contribution in [0.3, 0.4) is 0 Å². The predicted octanol–water partition coefficient (Wildman–Crippen LogP) is 0.404. The van der Waals surface area contributed by atoms with E-state index >= 15 is 0 Å². The van der Waals surface area contributed by atoms with E-state index in [4.69, 9.17) is 4.74 Å². The molecule has 0 saturated heterocycles.